The number of benzene rings is 2. The Labute approximate surface area is 182 Å². The van der Waals surface area contributed by atoms with Crippen LogP contribution in [0.15, 0.2) is 72.8 Å². The van der Waals surface area contributed by atoms with Crippen molar-refractivity contribution in [2.45, 2.75) is 13.3 Å². The standard InChI is InChI=1S/C22H17S2.ClH.Zn/c1-2-16-5-7-17(8-6-16)18-9-11-19(12-10-18)20-13-14-22(24-20)21-4-3-15-23-21;;/h3-14H,2H2,1H3;1H;/q-1;;+2/p-1. The van der Waals surface area contributed by atoms with Gasteiger partial charge in [0, 0.05) is 4.88 Å². The van der Waals surface area contributed by atoms with Crippen LogP contribution in [0, 0.1) is 5.38 Å². The van der Waals surface area contributed by atoms with E-state index in [0.29, 0.717) is 0 Å². The number of thiophene rings is 2. The van der Waals surface area contributed by atoms with Crippen molar-refractivity contribution in [3.8, 4) is 31.3 Å². The van der Waals surface area contributed by atoms with Gasteiger partial charge in [0.15, 0.2) is 0 Å². The van der Waals surface area contributed by atoms with Gasteiger partial charge in [-0.2, -0.15) is 12.1 Å². The number of hydrogen-bond donors (Lipinski definition) is 0. The van der Waals surface area contributed by atoms with Gasteiger partial charge in [-0.1, -0.05) is 61.5 Å². The van der Waals surface area contributed by atoms with Crippen molar-refractivity contribution in [3.63, 3.8) is 0 Å². The summed E-state index contributed by atoms with van der Waals surface area (Å²) >= 11 is 3.51. The van der Waals surface area contributed by atoms with Crippen LogP contribution in [-0.2, 0) is 25.9 Å². The molecule has 0 saturated heterocycles. The molecule has 2 aromatic carbocycles. The van der Waals surface area contributed by atoms with Crippen molar-refractivity contribution in [1.82, 2.24) is 0 Å². The Kier molecular flexibility index (Phi) is 7.79. The molecule has 2 heterocycles. The van der Waals surface area contributed by atoms with E-state index < -0.39 is 0 Å². The van der Waals surface area contributed by atoms with E-state index in [1.807, 2.05) is 17.4 Å². The first-order chi connectivity index (χ1) is 11.8. The predicted octanol–water partition coefficient (Wildman–Crippen LogP) is 4.17. The molecule has 26 heavy (non-hydrogen) atoms. The minimum atomic E-state index is 0. The maximum absolute atomic E-state index is 3.16. The molecule has 0 atom stereocenters. The van der Waals surface area contributed by atoms with Gasteiger partial charge in [0.05, 0.1) is 0 Å². The zero-order valence-electron chi connectivity index (χ0n) is 14.5. The molecule has 2 aromatic heterocycles. The molecular weight excluding hydrogens is 429 g/mol. The fraction of sp³-hybridized carbons (Fsp3) is 0.0909. The normalized spacial score (nSPS) is 10.0. The zero-order chi connectivity index (χ0) is 16.4. The Morgan fingerprint density at radius 2 is 1.27 bits per heavy atom. The number of hydrogen-bond acceptors (Lipinski definition) is 2. The second-order valence-corrected chi connectivity index (χ2v) is 7.67. The van der Waals surface area contributed by atoms with Crippen molar-refractivity contribution in [2.75, 3.05) is 0 Å². The third kappa shape index (κ3) is 4.53. The minimum Gasteiger partial charge on any atom is -1.00 e. The Balaban J connectivity index is 0.00000121. The summed E-state index contributed by atoms with van der Waals surface area (Å²) in [4.78, 5) is 3.92. The van der Waals surface area contributed by atoms with E-state index >= 15 is 0 Å². The maximum atomic E-state index is 3.16. The Morgan fingerprint density at radius 3 is 1.85 bits per heavy atom. The minimum absolute atomic E-state index is 0. The summed E-state index contributed by atoms with van der Waals surface area (Å²) in [5, 5.41) is 3.16. The van der Waals surface area contributed by atoms with Crippen LogP contribution in [0.25, 0.3) is 31.3 Å². The van der Waals surface area contributed by atoms with E-state index in [9.17, 15) is 0 Å². The van der Waals surface area contributed by atoms with Gasteiger partial charge in [0.1, 0.15) is 0 Å². The van der Waals surface area contributed by atoms with Gasteiger partial charge in [0.25, 0.3) is 0 Å². The Hall–Kier alpha value is -1.25. The quantitative estimate of drug-likeness (QED) is 0.326. The van der Waals surface area contributed by atoms with E-state index in [1.54, 1.807) is 11.3 Å². The predicted molar refractivity (Wildman–Crippen MR) is 107 cm³/mol. The molecule has 126 valence electrons. The first-order valence-electron chi connectivity index (χ1n) is 8.09. The summed E-state index contributed by atoms with van der Waals surface area (Å²) in [5.74, 6) is 0. The molecule has 0 aliphatic carbocycles. The summed E-state index contributed by atoms with van der Waals surface area (Å²) in [6, 6.07) is 26.3. The molecule has 0 amide bonds. The summed E-state index contributed by atoms with van der Waals surface area (Å²) in [6.07, 6.45) is 1.09. The number of rotatable bonds is 4. The summed E-state index contributed by atoms with van der Waals surface area (Å²) in [5.41, 5.74) is 5.21. The molecule has 0 aliphatic rings. The van der Waals surface area contributed by atoms with Gasteiger partial charge < -0.3 is 12.4 Å². The second kappa shape index (κ2) is 9.62. The maximum Gasteiger partial charge on any atom is 2.00 e. The van der Waals surface area contributed by atoms with Crippen molar-refractivity contribution in [3.05, 3.63) is 83.7 Å². The number of halogens is 1. The molecule has 4 aromatic rings. The Morgan fingerprint density at radius 1 is 0.692 bits per heavy atom. The largest absolute Gasteiger partial charge is 2.00 e. The molecule has 4 heteroatoms. The molecule has 0 nitrogen and oxygen atoms in total. The van der Waals surface area contributed by atoms with Crippen molar-refractivity contribution < 1.29 is 31.9 Å². The van der Waals surface area contributed by atoms with E-state index in [2.05, 4.69) is 79.0 Å². The molecule has 0 fully saturated rings. The first kappa shape index (κ1) is 21.1. The van der Waals surface area contributed by atoms with Crippen molar-refractivity contribution >= 4 is 22.7 Å². The van der Waals surface area contributed by atoms with Gasteiger partial charge in [0.2, 0.25) is 0 Å². The SMILES string of the molecule is CCc1ccc(-c2ccc(-c3ccc(-c4cc[c-]s4)s3)cc2)cc1.[Cl-].[Zn+2]. The van der Waals surface area contributed by atoms with E-state index in [4.69, 9.17) is 0 Å². The van der Waals surface area contributed by atoms with Gasteiger partial charge in [-0.15, -0.1) is 21.6 Å². The molecule has 0 saturated carbocycles. The van der Waals surface area contributed by atoms with Crippen LogP contribution in [0.4, 0.5) is 0 Å². The molecule has 0 radical (unpaired) electrons. The molecule has 0 unspecified atom stereocenters. The smallest absolute Gasteiger partial charge is 1.00 e. The molecule has 0 N–H and O–H groups in total. The topological polar surface area (TPSA) is 0 Å². The fourth-order valence-corrected chi connectivity index (χ4v) is 4.51. The Bertz CT molecular complexity index is 923. The molecule has 0 aliphatic heterocycles. The van der Waals surface area contributed by atoms with Gasteiger partial charge >= 0.3 is 19.5 Å². The third-order valence-electron chi connectivity index (χ3n) is 4.19. The zero-order valence-corrected chi connectivity index (χ0v) is 19.9. The summed E-state index contributed by atoms with van der Waals surface area (Å²) < 4.78 is 0. The summed E-state index contributed by atoms with van der Waals surface area (Å²) in [6.45, 7) is 2.19. The van der Waals surface area contributed by atoms with Crippen molar-refractivity contribution in [1.29, 1.82) is 0 Å². The average molecular weight is 446 g/mol. The fourth-order valence-electron chi connectivity index (χ4n) is 2.76. The van der Waals surface area contributed by atoms with Crippen LogP contribution in [0.2, 0.25) is 0 Å². The van der Waals surface area contributed by atoms with Crippen LogP contribution < -0.4 is 12.4 Å². The van der Waals surface area contributed by atoms with Crippen molar-refractivity contribution in [2.24, 2.45) is 0 Å². The van der Waals surface area contributed by atoms with E-state index in [1.165, 1.54) is 36.9 Å². The van der Waals surface area contributed by atoms with Crippen LogP contribution in [0.5, 0.6) is 0 Å². The van der Waals surface area contributed by atoms with Crippen LogP contribution in [0.1, 0.15) is 12.5 Å². The molecular formula is C22H17ClS2Zn. The second-order valence-electron chi connectivity index (χ2n) is 5.71. The first-order valence-corrected chi connectivity index (χ1v) is 9.72. The third-order valence-corrected chi connectivity index (χ3v) is 6.31. The van der Waals surface area contributed by atoms with Gasteiger partial charge in [-0.05, 0) is 39.6 Å². The molecule has 4 rings (SSSR count). The molecule has 0 bridgehead atoms. The summed E-state index contributed by atoms with van der Waals surface area (Å²) in [7, 11) is 0. The van der Waals surface area contributed by atoms with E-state index in [0.717, 1.165) is 6.42 Å². The average Bonchev–Trinajstić information content (AvgIpc) is 3.33. The molecule has 0 spiro atoms. The monoisotopic (exact) mass is 444 g/mol. The van der Waals surface area contributed by atoms with Crippen LogP contribution in [0.3, 0.4) is 0 Å². The van der Waals surface area contributed by atoms with Crippen LogP contribution >= 0.6 is 22.7 Å². The van der Waals surface area contributed by atoms with Gasteiger partial charge in [-0.25, -0.2) is 0 Å². The van der Waals surface area contributed by atoms with Gasteiger partial charge in [-0.3, -0.25) is 11.3 Å². The van der Waals surface area contributed by atoms with E-state index in [-0.39, 0.29) is 31.9 Å². The van der Waals surface area contributed by atoms with Crippen LogP contribution in [-0.4, -0.2) is 0 Å². The number of aryl methyl sites for hydroxylation is 1.